The number of anilines is 1. The van der Waals surface area contributed by atoms with Crippen molar-refractivity contribution in [3.8, 4) is 0 Å². The maximum atomic E-state index is 12.9. The lowest BCUT2D eigenvalue weighted by molar-refractivity contribution is 0.0825. The zero-order valence-electron chi connectivity index (χ0n) is 14.3. The highest BCUT2D eigenvalue weighted by Gasteiger charge is 2.19. The van der Waals surface area contributed by atoms with E-state index in [1.165, 1.54) is 42.1 Å². The third kappa shape index (κ3) is 3.78. The van der Waals surface area contributed by atoms with Crippen molar-refractivity contribution in [2.45, 2.75) is 12.6 Å². The molecule has 2 heterocycles. The van der Waals surface area contributed by atoms with Gasteiger partial charge in [-0.25, -0.2) is 14.6 Å². The second-order valence-corrected chi connectivity index (χ2v) is 5.79. The maximum absolute atomic E-state index is 12.9. The minimum atomic E-state index is -1.15. The van der Waals surface area contributed by atoms with Crippen LogP contribution in [0, 0.1) is 5.82 Å². The molecular formula is C16H17FN6O4. The molecule has 2 aromatic heterocycles. The van der Waals surface area contributed by atoms with Gasteiger partial charge in [-0.05, 0) is 17.7 Å². The molecule has 0 aliphatic heterocycles. The first kappa shape index (κ1) is 18.5. The number of hydrazone groups is 1. The van der Waals surface area contributed by atoms with Crippen LogP contribution in [0.2, 0.25) is 0 Å². The fourth-order valence-electron chi connectivity index (χ4n) is 2.48. The van der Waals surface area contributed by atoms with Crippen LogP contribution >= 0.6 is 0 Å². The van der Waals surface area contributed by atoms with Gasteiger partial charge in [0.1, 0.15) is 5.82 Å². The Labute approximate surface area is 151 Å². The SMILES string of the molecule is Cn1c(=O)[nH]c(=O)c2c1nc(NN=Cc1ccc(F)cc1)n2CC(O)CO. The first-order chi connectivity index (χ1) is 12.9. The Bertz CT molecular complexity index is 1100. The topological polar surface area (TPSA) is 138 Å². The quantitative estimate of drug-likeness (QED) is 0.334. The molecule has 0 bridgehead atoms. The Hall–Kier alpha value is -3.31. The molecule has 0 aliphatic rings. The van der Waals surface area contributed by atoms with Crippen molar-refractivity contribution in [2.75, 3.05) is 12.0 Å². The number of hydrogen-bond donors (Lipinski definition) is 4. The summed E-state index contributed by atoms with van der Waals surface area (Å²) < 4.78 is 15.4. The van der Waals surface area contributed by atoms with E-state index in [0.717, 1.165) is 4.57 Å². The van der Waals surface area contributed by atoms with E-state index < -0.39 is 24.0 Å². The lowest BCUT2D eigenvalue weighted by atomic mass is 10.2. The first-order valence-corrected chi connectivity index (χ1v) is 7.94. The number of benzene rings is 1. The summed E-state index contributed by atoms with van der Waals surface area (Å²) in [4.78, 5) is 30.3. The molecule has 0 aliphatic carbocycles. The third-order valence-corrected chi connectivity index (χ3v) is 3.86. The molecule has 0 fully saturated rings. The van der Waals surface area contributed by atoms with Gasteiger partial charge in [0.25, 0.3) is 5.56 Å². The van der Waals surface area contributed by atoms with Crippen molar-refractivity contribution in [2.24, 2.45) is 12.1 Å². The van der Waals surface area contributed by atoms with E-state index in [4.69, 9.17) is 5.11 Å². The molecular weight excluding hydrogens is 359 g/mol. The molecule has 1 unspecified atom stereocenters. The van der Waals surface area contributed by atoms with E-state index >= 15 is 0 Å². The number of halogens is 1. The van der Waals surface area contributed by atoms with E-state index in [1.54, 1.807) is 0 Å². The molecule has 3 rings (SSSR count). The van der Waals surface area contributed by atoms with Crippen LogP contribution in [-0.4, -0.2) is 48.2 Å². The lowest BCUT2D eigenvalue weighted by Gasteiger charge is -2.11. The van der Waals surface area contributed by atoms with Gasteiger partial charge < -0.3 is 14.8 Å². The summed E-state index contributed by atoms with van der Waals surface area (Å²) in [6.45, 7) is -0.676. The molecule has 0 amide bonds. The molecule has 4 N–H and O–H groups in total. The molecule has 0 saturated heterocycles. The van der Waals surface area contributed by atoms with Crippen molar-refractivity contribution in [1.82, 2.24) is 19.1 Å². The van der Waals surface area contributed by atoms with Crippen LogP contribution in [0.4, 0.5) is 10.3 Å². The molecule has 27 heavy (non-hydrogen) atoms. The van der Waals surface area contributed by atoms with E-state index in [2.05, 4.69) is 20.5 Å². The van der Waals surface area contributed by atoms with Gasteiger partial charge in [0.2, 0.25) is 5.95 Å². The molecule has 11 heteroatoms. The first-order valence-electron chi connectivity index (χ1n) is 7.94. The second-order valence-electron chi connectivity index (χ2n) is 5.79. The second kappa shape index (κ2) is 7.51. The number of H-pyrrole nitrogens is 1. The number of aliphatic hydroxyl groups is 2. The van der Waals surface area contributed by atoms with Crippen LogP contribution < -0.4 is 16.7 Å². The van der Waals surface area contributed by atoms with Gasteiger partial charge in [-0.2, -0.15) is 10.1 Å². The molecule has 1 aromatic carbocycles. The summed E-state index contributed by atoms with van der Waals surface area (Å²) in [5, 5.41) is 22.9. The number of fused-ring (bicyclic) bond motifs is 1. The van der Waals surface area contributed by atoms with Crippen LogP contribution in [0.25, 0.3) is 11.2 Å². The smallest absolute Gasteiger partial charge is 0.329 e. The fourth-order valence-corrected chi connectivity index (χ4v) is 2.48. The van der Waals surface area contributed by atoms with Gasteiger partial charge in [-0.1, -0.05) is 12.1 Å². The summed E-state index contributed by atoms with van der Waals surface area (Å²) in [5.41, 5.74) is 2.07. The van der Waals surface area contributed by atoms with Crippen LogP contribution in [0.1, 0.15) is 5.56 Å². The Morgan fingerprint density at radius 1 is 1.37 bits per heavy atom. The van der Waals surface area contributed by atoms with E-state index in [1.807, 2.05) is 0 Å². The number of aryl methyl sites for hydroxylation is 1. The molecule has 0 radical (unpaired) electrons. The number of nitrogens with zero attached hydrogens (tertiary/aromatic N) is 4. The third-order valence-electron chi connectivity index (χ3n) is 3.86. The average Bonchev–Trinajstić information content (AvgIpc) is 3.00. The van der Waals surface area contributed by atoms with Crippen molar-refractivity contribution in [3.05, 3.63) is 56.5 Å². The molecule has 0 spiro atoms. The van der Waals surface area contributed by atoms with Crippen molar-refractivity contribution >= 4 is 23.3 Å². The van der Waals surface area contributed by atoms with Gasteiger partial charge in [0.15, 0.2) is 11.2 Å². The van der Waals surface area contributed by atoms with Gasteiger partial charge in [0.05, 0.1) is 25.5 Å². The van der Waals surface area contributed by atoms with Crippen LogP contribution in [0.5, 0.6) is 0 Å². The highest BCUT2D eigenvalue weighted by Crippen LogP contribution is 2.16. The predicted molar refractivity (Wildman–Crippen MR) is 96.3 cm³/mol. The van der Waals surface area contributed by atoms with Gasteiger partial charge in [-0.15, -0.1) is 0 Å². The Morgan fingerprint density at radius 2 is 2.07 bits per heavy atom. The molecule has 0 saturated carbocycles. The molecule has 1 atom stereocenters. The van der Waals surface area contributed by atoms with E-state index in [9.17, 15) is 19.1 Å². The number of aromatic nitrogens is 4. The van der Waals surface area contributed by atoms with E-state index in [-0.39, 0.29) is 29.5 Å². The average molecular weight is 376 g/mol. The monoisotopic (exact) mass is 376 g/mol. The zero-order chi connectivity index (χ0) is 19.6. The van der Waals surface area contributed by atoms with Crippen molar-refractivity contribution in [3.63, 3.8) is 0 Å². The summed E-state index contributed by atoms with van der Waals surface area (Å²) in [6.07, 6.45) is 0.259. The molecule has 3 aromatic rings. The number of hydrogen-bond acceptors (Lipinski definition) is 7. The largest absolute Gasteiger partial charge is 0.394 e. The Morgan fingerprint density at radius 3 is 2.74 bits per heavy atom. The highest BCUT2D eigenvalue weighted by atomic mass is 19.1. The van der Waals surface area contributed by atoms with Crippen LogP contribution in [0.3, 0.4) is 0 Å². The van der Waals surface area contributed by atoms with E-state index in [0.29, 0.717) is 5.56 Å². The summed E-state index contributed by atoms with van der Waals surface area (Å²) in [7, 11) is 1.44. The number of rotatable bonds is 6. The summed E-state index contributed by atoms with van der Waals surface area (Å²) in [5.74, 6) is -0.289. The maximum Gasteiger partial charge on any atom is 0.329 e. The Balaban J connectivity index is 2.02. The Kier molecular flexibility index (Phi) is 5.14. The molecule has 10 nitrogen and oxygen atoms in total. The van der Waals surface area contributed by atoms with Crippen LogP contribution in [-0.2, 0) is 13.6 Å². The normalized spacial score (nSPS) is 12.7. The zero-order valence-corrected chi connectivity index (χ0v) is 14.3. The predicted octanol–water partition coefficient (Wildman–Crippen LogP) is -0.638. The van der Waals surface area contributed by atoms with Gasteiger partial charge in [0, 0.05) is 7.05 Å². The number of aromatic amines is 1. The van der Waals surface area contributed by atoms with Crippen molar-refractivity contribution in [1.29, 1.82) is 0 Å². The summed E-state index contributed by atoms with van der Waals surface area (Å²) >= 11 is 0. The number of aliphatic hydroxyl groups excluding tert-OH is 2. The van der Waals surface area contributed by atoms with Gasteiger partial charge >= 0.3 is 5.69 Å². The number of imidazole rings is 1. The molecule has 142 valence electrons. The summed E-state index contributed by atoms with van der Waals surface area (Å²) in [6, 6.07) is 5.61. The lowest BCUT2D eigenvalue weighted by Crippen LogP contribution is -2.30. The minimum absolute atomic E-state index is 0.0454. The minimum Gasteiger partial charge on any atom is -0.394 e. The van der Waals surface area contributed by atoms with Crippen LogP contribution in [0.15, 0.2) is 39.0 Å². The highest BCUT2D eigenvalue weighted by molar-refractivity contribution is 5.80. The van der Waals surface area contributed by atoms with Crippen molar-refractivity contribution < 1.29 is 14.6 Å². The fraction of sp³-hybridized carbons (Fsp3) is 0.250. The standard InChI is InChI=1S/C16H17FN6O4/c1-22-13-12(14(26)20-16(22)27)23(7-11(25)8-24)15(19-13)21-18-6-9-2-4-10(17)5-3-9/h2-6,11,24-25H,7-8H2,1H3,(H,19,21)(H,20,26,27). The number of nitrogens with one attached hydrogen (secondary N) is 2. The van der Waals surface area contributed by atoms with Gasteiger partial charge in [-0.3, -0.25) is 14.3 Å².